The summed E-state index contributed by atoms with van der Waals surface area (Å²) in [6, 6.07) is 13.7. The summed E-state index contributed by atoms with van der Waals surface area (Å²) in [4.78, 5) is 14.7. The van der Waals surface area contributed by atoms with Crippen LogP contribution in [0.15, 0.2) is 57.8 Å². The third-order valence-electron chi connectivity index (χ3n) is 5.36. The van der Waals surface area contributed by atoms with E-state index in [9.17, 15) is 13.2 Å². The zero-order chi connectivity index (χ0) is 19.9. The van der Waals surface area contributed by atoms with Crippen molar-refractivity contribution in [2.24, 2.45) is 15.5 Å². The van der Waals surface area contributed by atoms with Gasteiger partial charge in [-0.1, -0.05) is 19.1 Å². The standard InChI is InChI=1S/C20H22N4O3S/c1-20(12-21)10-11-24(13-20)19(25)14-6-8-15(9-7-14)22-18-16-4-2-3-5-17(16)28(26,27)23-18/h2-9H,10-13,21H2,1H3,(H,22,23). The molecule has 1 unspecified atom stereocenters. The zero-order valence-corrected chi connectivity index (χ0v) is 16.4. The topological polar surface area (TPSA) is 105 Å². The molecule has 2 aliphatic rings. The lowest BCUT2D eigenvalue weighted by atomic mass is 9.90. The number of hydrogen-bond acceptors (Lipinski definition) is 5. The molecule has 0 saturated carbocycles. The molecule has 28 heavy (non-hydrogen) atoms. The van der Waals surface area contributed by atoms with E-state index in [4.69, 9.17) is 5.73 Å². The molecule has 2 aliphatic heterocycles. The molecule has 7 nitrogen and oxygen atoms in total. The van der Waals surface area contributed by atoms with Crippen molar-refractivity contribution in [3.8, 4) is 0 Å². The van der Waals surface area contributed by atoms with E-state index in [1.54, 1.807) is 42.5 Å². The summed E-state index contributed by atoms with van der Waals surface area (Å²) in [5.41, 5.74) is 7.60. The second kappa shape index (κ2) is 6.72. The van der Waals surface area contributed by atoms with Crippen molar-refractivity contribution < 1.29 is 13.2 Å². The normalized spacial score (nSPS) is 22.6. The molecule has 2 aromatic rings. The number of benzene rings is 2. The highest BCUT2D eigenvalue weighted by atomic mass is 32.2. The van der Waals surface area contributed by atoms with Crippen LogP contribution in [0.5, 0.6) is 0 Å². The summed E-state index contributed by atoms with van der Waals surface area (Å²) < 4.78 is 28.1. The minimum absolute atomic E-state index is 0.0172. The van der Waals surface area contributed by atoms with Crippen molar-refractivity contribution in [3.63, 3.8) is 0 Å². The number of nitrogens with zero attached hydrogens (tertiary/aromatic N) is 2. The van der Waals surface area contributed by atoms with Crippen LogP contribution in [0, 0.1) is 5.41 Å². The molecule has 0 aromatic heterocycles. The molecule has 3 N–H and O–H groups in total. The van der Waals surface area contributed by atoms with Gasteiger partial charge in [-0.2, -0.15) is 8.42 Å². The van der Waals surface area contributed by atoms with Gasteiger partial charge < -0.3 is 16.0 Å². The summed E-state index contributed by atoms with van der Waals surface area (Å²) in [7, 11) is -3.67. The van der Waals surface area contributed by atoms with Crippen molar-refractivity contribution in [2.45, 2.75) is 18.2 Å². The first kappa shape index (κ1) is 18.6. The minimum atomic E-state index is -3.67. The van der Waals surface area contributed by atoms with E-state index in [-0.39, 0.29) is 22.1 Å². The van der Waals surface area contributed by atoms with Gasteiger partial charge in [0.25, 0.3) is 15.9 Å². The molecule has 0 bridgehead atoms. The van der Waals surface area contributed by atoms with Crippen LogP contribution >= 0.6 is 0 Å². The highest BCUT2D eigenvalue weighted by molar-refractivity contribution is 7.90. The van der Waals surface area contributed by atoms with Crippen LogP contribution in [0.3, 0.4) is 0 Å². The average Bonchev–Trinajstić information content (AvgIpc) is 3.21. The van der Waals surface area contributed by atoms with Crippen LogP contribution in [0.4, 0.5) is 5.69 Å². The highest BCUT2D eigenvalue weighted by Gasteiger charge is 2.35. The Bertz CT molecular complexity index is 1060. The molecule has 146 valence electrons. The summed E-state index contributed by atoms with van der Waals surface area (Å²) in [6.07, 6.45) is 0.905. The fourth-order valence-electron chi connectivity index (χ4n) is 3.58. The monoisotopic (exact) mass is 398 g/mol. The van der Waals surface area contributed by atoms with Gasteiger partial charge in [-0.3, -0.25) is 4.79 Å². The number of amidine groups is 1. The van der Waals surface area contributed by atoms with Gasteiger partial charge in [0.05, 0.1) is 0 Å². The van der Waals surface area contributed by atoms with Crippen molar-refractivity contribution >= 4 is 27.5 Å². The molecule has 1 atom stereocenters. The Hall–Kier alpha value is -2.71. The average molecular weight is 398 g/mol. The zero-order valence-electron chi connectivity index (χ0n) is 15.6. The molecule has 8 heteroatoms. The number of likely N-dealkylation sites (tertiary alicyclic amines) is 1. The SMILES string of the molecule is CC1(CN)CCN(C(=O)c2ccc(NC3=NS(=O)(=O)c4ccccc43)cc2)C1. The molecule has 2 aromatic carbocycles. The maximum Gasteiger partial charge on any atom is 0.285 e. The highest BCUT2D eigenvalue weighted by Crippen LogP contribution is 2.30. The summed E-state index contributed by atoms with van der Waals surface area (Å²) in [6.45, 7) is 4.03. The third-order valence-corrected chi connectivity index (χ3v) is 6.70. The van der Waals surface area contributed by atoms with Gasteiger partial charge in [0, 0.05) is 29.9 Å². The number of anilines is 1. The number of carbonyl (C=O) groups excluding carboxylic acids is 1. The smallest absolute Gasteiger partial charge is 0.285 e. The lowest BCUT2D eigenvalue weighted by Gasteiger charge is -2.22. The second-order valence-corrected chi connectivity index (χ2v) is 9.18. The van der Waals surface area contributed by atoms with E-state index in [1.165, 1.54) is 6.07 Å². The van der Waals surface area contributed by atoms with Gasteiger partial charge in [0.15, 0.2) is 5.84 Å². The molecule has 4 rings (SSSR count). The first-order valence-electron chi connectivity index (χ1n) is 9.12. The van der Waals surface area contributed by atoms with Gasteiger partial charge in [-0.15, -0.1) is 4.40 Å². The van der Waals surface area contributed by atoms with Crippen LogP contribution in [0.1, 0.15) is 29.3 Å². The molecule has 0 aliphatic carbocycles. The number of nitrogens with two attached hydrogens (primary N) is 1. The number of fused-ring (bicyclic) bond motifs is 1. The van der Waals surface area contributed by atoms with Crippen LogP contribution in [-0.2, 0) is 10.0 Å². The molecule has 1 fully saturated rings. The molecular weight excluding hydrogens is 376 g/mol. The lowest BCUT2D eigenvalue weighted by molar-refractivity contribution is 0.0777. The predicted octanol–water partition coefficient (Wildman–Crippen LogP) is 2.06. The number of nitrogens with one attached hydrogen (secondary N) is 1. The van der Waals surface area contributed by atoms with E-state index in [0.29, 0.717) is 36.4 Å². The molecule has 0 spiro atoms. The second-order valence-electron chi connectivity index (χ2n) is 7.60. The summed E-state index contributed by atoms with van der Waals surface area (Å²) in [5, 5.41) is 3.04. The maximum atomic E-state index is 12.7. The number of hydrogen-bond donors (Lipinski definition) is 2. The Balaban J connectivity index is 1.50. The summed E-state index contributed by atoms with van der Waals surface area (Å²) in [5.74, 6) is 0.266. The Morgan fingerprint density at radius 3 is 2.61 bits per heavy atom. The lowest BCUT2D eigenvalue weighted by Crippen LogP contribution is -2.34. The number of carbonyl (C=O) groups is 1. The first-order chi connectivity index (χ1) is 13.3. The maximum absolute atomic E-state index is 12.7. The molecule has 1 saturated heterocycles. The molecule has 0 radical (unpaired) electrons. The fourth-order valence-corrected chi connectivity index (χ4v) is 4.75. The van der Waals surface area contributed by atoms with Gasteiger partial charge in [0.2, 0.25) is 0 Å². The Morgan fingerprint density at radius 1 is 1.21 bits per heavy atom. The van der Waals surface area contributed by atoms with Gasteiger partial charge in [-0.05, 0) is 54.8 Å². The minimum Gasteiger partial charge on any atom is -0.339 e. The van der Waals surface area contributed by atoms with E-state index < -0.39 is 10.0 Å². The van der Waals surface area contributed by atoms with Gasteiger partial charge in [-0.25, -0.2) is 0 Å². The van der Waals surface area contributed by atoms with Gasteiger partial charge in [0.1, 0.15) is 4.90 Å². The van der Waals surface area contributed by atoms with Crippen molar-refractivity contribution in [3.05, 3.63) is 59.7 Å². The van der Waals surface area contributed by atoms with Crippen molar-refractivity contribution in [1.82, 2.24) is 4.90 Å². The quantitative estimate of drug-likeness (QED) is 0.823. The van der Waals surface area contributed by atoms with Crippen LogP contribution in [0.2, 0.25) is 0 Å². The molecular formula is C20H22N4O3S. The predicted molar refractivity (Wildman–Crippen MR) is 108 cm³/mol. The largest absolute Gasteiger partial charge is 0.339 e. The number of sulfonamides is 1. The molecule has 2 heterocycles. The summed E-state index contributed by atoms with van der Waals surface area (Å²) >= 11 is 0. The van der Waals surface area contributed by atoms with Crippen molar-refractivity contribution in [1.29, 1.82) is 0 Å². The van der Waals surface area contributed by atoms with E-state index in [0.717, 1.165) is 6.42 Å². The number of amides is 1. The fraction of sp³-hybridized carbons (Fsp3) is 0.300. The van der Waals surface area contributed by atoms with Gasteiger partial charge >= 0.3 is 0 Å². The van der Waals surface area contributed by atoms with Crippen LogP contribution in [0.25, 0.3) is 0 Å². The first-order valence-corrected chi connectivity index (χ1v) is 10.6. The van der Waals surface area contributed by atoms with E-state index >= 15 is 0 Å². The van der Waals surface area contributed by atoms with E-state index in [1.807, 2.05) is 4.90 Å². The Labute approximate surface area is 164 Å². The van der Waals surface area contributed by atoms with Crippen molar-refractivity contribution in [2.75, 3.05) is 25.0 Å². The Morgan fingerprint density at radius 2 is 1.93 bits per heavy atom. The van der Waals surface area contributed by atoms with Crippen LogP contribution in [-0.4, -0.2) is 44.7 Å². The molecule has 1 amide bonds. The Kier molecular flexibility index (Phi) is 4.47. The number of rotatable bonds is 3. The third kappa shape index (κ3) is 3.29. The van der Waals surface area contributed by atoms with Crippen LogP contribution < -0.4 is 11.1 Å². The van der Waals surface area contributed by atoms with E-state index in [2.05, 4.69) is 16.6 Å².